The van der Waals surface area contributed by atoms with Crippen molar-refractivity contribution in [3.05, 3.63) is 105 Å². The lowest BCUT2D eigenvalue weighted by molar-refractivity contribution is -0.137. The smallest absolute Gasteiger partial charge is 0.321 e. The molecular weight excluding hydrogens is 451 g/mol. The summed E-state index contributed by atoms with van der Waals surface area (Å²) in [4.78, 5) is 16.1. The number of rotatable bonds is 3. The van der Waals surface area contributed by atoms with E-state index in [4.69, 9.17) is 11.6 Å². The standard InChI is InChI=1S/C25H17ClF3N3O/c26-17-10-11-19-18(12-17)22(15-4-2-1-3-5-15)23(24(33)30-19)21-13-20(31-32-21)14-6-8-16(9-7-14)25(27,28)29/h1-12,20,31H,13H2,(H,30,33). The predicted molar refractivity (Wildman–Crippen MR) is 123 cm³/mol. The number of fused-ring (bicyclic) bond motifs is 1. The van der Waals surface area contributed by atoms with Gasteiger partial charge in [0.05, 0.1) is 22.9 Å². The van der Waals surface area contributed by atoms with Crippen molar-refractivity contribution in [1.82, 2.24) is 10.4 Å². The number of benzene rings is 3. The molecule has 1 atom stereocenters. The maximum Gasteiger partial charge on any atom is 0.416 e. The third-order valence-corrected chi connectivity index (χ3v) is 5.96. The van der Waals surface area contributed by atoms with Gasteiger partial charge in [-0.25, -0.2) is 0 Å². The van der Waals surface area contributed by atoms with Crippen molar-refractivity contribution < 1.29 is 13.2 Å². The van der Waals surface area contributed by atoms with E-state index in [0.717, 1.165) is 23.1 Å². The third-order valence-electron chi connectivity index (χ3n) is 5.72. The zero-order valence-corrected chi connectivity index (χ0v) is 17.8. The van der Waals surface area contributed by atoms with E-state index < -0.39 is 11.7 Å². The Labute approximate surface area is 191 Å². The lowest BCUT2D eigenvalue weighted by atomic mass is 9.91. The SMILES string of the molecule is O=c1[nH]c2ccc(Cl)cc2c(-c2ccccc2)c1C1=NNC(c2ccc(C(F)(F)F)cc2)C1. The Hall–Kier alpha value is -3.58. The Morgan fingerprint density at radius 3 is 2.36 bits per heavy atom. The number of alkyl halides is 3. The highest BCUT2D eigenvalue weighted by molar-refractivity contribution is 6.31. The molecule has 0 fully saturated rings. The molecule has 33 heavy (non-hydrogen) atoms. The van der Waals surface area contributed by atoms with Crippen molar-refractivity contribution in [2.45, 2.75) is 18.6 Å². The van der Waals surface area contributed by atoms with Crippen molar-refractivity contribution >= 4 is 28.2 Å². The van der Waals surface area contributed by atoms with Crippen molar-refractivity contribution in [2.75, 3.05) is 0 Å². The summed E-state index contributed by atoms with van der Waals surface area (Å²) in [6, 6.07) is 19.4. The molecule has 1 aliphatic heterocycles. The molecule has 4 nitrogen and oxygen atoms in total. The Morgan fingerprint density at radius 1 is 0.939 bits per heavy atom. The second kappa shape index (κ2) is 8.08. The molecule has 0 saturated carbocycles. The number of H-pyrrole nitrogens is 1. The molecule has 1 aromatic heterocycles. The van der Waals surface area contributed by atoms with Gasteiger partial charge in [0, 0.05) is 27.9 Å². The molecule has 4 aromatic rings. The molecule has 0 radical (unpaired) electrons. The Bertz CT molecular complexity index is 1430. The summed E-state index contributed by atoms with van der Waals surface area (Å²) in [5.41, 5.74) is 5.77. The van der Waals surface area contributed by atoms with E-state index in [0.29, 0.717) is 39.4 Å². The lowest BCUT2D eigenvalue weighted by Crippen LogP contribution is -2.20. The number of nitrogens with zero attached hydrogens (tertiary/aromatic N) is 1. The molecule has 0 aliphatic carbocycles. The first-order valence-electron chi connectivity index (χ1n) is 10.2. The molecule has 0 bridgehead atoms. The first kappa shape index (κ1) is 21.3. The molecule has 0 saturated heterocycles. The minimum absolute atomic E-state index is 0.294. The highest BCUT2D eigenvalue weighted by Gasteiger charge is 2.31. The zero-order valence-electron chi connectivity index (χ0n) is 17.1. The quantitative estimate of drug-likeness (QED) is 0.371. The normalized spacial score (nSPS) is 16.0. The van der Waals surface area contributed by atoms with Gasteiger partial charge in [-0.2, -0.15) is 18.3 Å². The minimum Gasteiger partial charge on any atom is -0.321 e. The molecule has 166 valence electrons. The van der Waals surface area contributed by atoms with Gasteiger partial charge in [-0.05, 0) is 41.5 Å². The fourth-order valence-corrected chi connectivity index (χ4v) is 4.31. The van der Waals surface area contributed by atoms with Crippen LogP contribution in [0.4, 0.5) is 13.2 Å². The third kappa shape index (κ3) is 4.00. The maximum absolute atomic E-state index is 13.2. The molecule has 1 unspecified atom stereocenters. The Kier molecular flexibility index (Phi) is 5.21. The molecule has 8 heteroatoms. The number of nitrogens with one attached hydrogen (secondary N) is 2. The van der Waals surface area contributed by atoms with Gasteiger partial charge in [0.25, 0.3) is 5.56 Å². The Balaban J connectivity index is 1.58. The average molecular weight is 468 g/mol. The highest BCUT2D eigenvalue weighted by Crippen LogP contribution is 2.35. The van der Waals surface area contributed by atoms with Gasteiger partial charge in [0.2, 0.25) is 0 Å². The average Bonchev–Trinajstić information content (AvgIpc) is 3.28. The predicted octanol–water partition coefficient (Wildman–Crippen LogP) is 6.31. The van der Waals surface area contributed by atoms with Crippen LogP contribution in [-0.2, 0) is 6.18 Å². The summed E-state index contributed by atoms with van der Waals surface area (Å²) >= 11 is 6.26. The number of halogens is 4. The summed E-state index contributed by atoms with van der Waals surface area (Å²) < 4.78 is 38.7. The number of aromatic nitrogens is 1. The van der Waals surface area contributed by atoms with Gasteiger partial charge in [-0.1, -0.05) is 54.1 Å². The van der Waals surface area contributed by atoms with E-state index in [1.807, 2.05) is 30.3 Å². The molecule has 0 amide bonds. The molecule has 5 rings (SSSR count). The number of hydrazone groups is 1. The molecule has 0 spiro atoms. The van der Waals surface area contributed by atoms with Crippen LogP contribution in [0.25, 0.3) is 22.0 Å². The monoisotopic (exact) mass is 467 g/mol. The van der Waals surface area contributed by atoms with E-state index >= 15 is 0 Å². The van der Waals surface area contributed by atoms with Gasteiger partial charge in [0.1, 0.15) is 0 Å². The summed E-state index contributed by atoms with van der Waals surface area (Å²) in [6.07, 6.45) is -4.05. The van der Waals surface area contributed by atoms with Crippen LogP contribution >= 0.6 is 11.6 Å². The van der Waals surface area contributed by atoms with Crippen LogP contribution in [0.1, 0.15) is 29.2 Å². The van der Waals surface area contributed by atoms with Crippen LogP contribution in [-0.4, -0.2) is 10.7 Å². The van der Waals surface area contributed by atoms with Crippen LogP contribution in [0.2, 0.25) is 5.02 Å². The van der Waals surface area contributed by atoms with Crippen LogP contribution in [0.5, 0.6) is 0 Å². The second-order valence-corrected chi connectivity index (χ2v) is 8.26. The van der Waals surface area contributed by atoms with Gasteiger partial charge < -0.3 is 10.4 Å². The fourth-order valence-electron chi connectivity index (χ4n) is 4.14. The van der Waals surface area contributed by atoms with Gasteiger partial charge >= 0.3 is 6.18 Å². The van der Waals surface area contributed by atoms with Crippen molar-refractivity contribution in [1.29, 1.82) is 0 Å². The first-order valence-corrected chi connectivity index (χ1v) is 10.6. The summed E-state index contributed by atoms with van der Waals surface area (Å²) in [7, 11) is 0. The van der Waals surface area contributed by atoms with E-state index in [1.54, 1.807) is 18.2 Å². The second-order valence-electron chi connectivity index (χ2n) is 7.82. The summed E-state index contributed by atoms with van der Waals surface area (Å²) in [5.74, 6) is 0. The van der Waals surface area contributed by atoms with E-state index in [-0.39, 0.29) is 11.6 Å². The lowest BCUT2D eigenvalue weighted by Gasteiger charge is -2.14. The number of pyridine rings is 1. The molecular formula is C25H17ClF3N3O. The van der Waals surface area contributed by atoms with Gasteiger partial charge in [0.15, 0.2) is 0 Å². The Morgan fingerprint density at radius 2 is 1.67 bits per heavy atom. The van der Waals surface area contributed by atoms with E-state index in [9.17, 15) is 18.0 Å². The number of aromatic amines is 1. The highest BCUT2D eigenvalue weighted by atomic mass is 35.5. The largest absolute Gasteiger partial charge is 0.416 e. The zero-order chi connectivity index (χ0) is 23.2. The van der Waals surface area contributed by atoms with Crippen LogP contribution in [0, 0.1) is 0 Å². The summed E-state index contributed by atoms with van der Waals surface area (Å²) in [6.45, 7) is 0. The number of hydrogen-bond donors (Lipinski definition) is 2. The molecule has 3 aromatic carbocycles. The number of hydrogen-bond acceptors (Lipinski definition) is 3. The van der Waals surface area contributed by atoms with Crippen LogP contribution < -0.4 is 11.0 Å². The molecule has 2 heterocycles. The van der Waals surface area contributed by atoms with E-state index in [2.05, 4.69) is 15.5 Å². The minimum atomic E-state index is -4.40. The molecule has 1 aliphatic rings. The van der Waals surface area contributed by atoms with E-state index in [1.165, 1.54) is 12.1 Å². The van der Waals surface area contributed by atoms with Crippen LogP contribution in [0.15, 0.2) is 82.7 Å². The fraction of sp³-hybridized carbons (Fsp3) is 0.120. The van der Waals surface area contributed by atoms with Gasteiger partial charge in [-0.3, -0.25) is 4.79 Å². The molecule has 2 N–H and O–H groups in total. The maximum atomic E-state index is 13.2. The van der Waals surface area contributed by atoms with Crippen LogP contribution in [0.3, 0.4) is 0 Å². The topological polar surface area (TPSA) is 57.2 Å². The summed E-state index contributed by atoms with van der Waals surface area (Å²) in [5, 5.41) is 5.72. The first-order chi connectivity index (χ1) is 15.8. The van der Waals surface area contributed by atoms with Crippen molar-refractivity contribution in [3.63, 3.8) is 0 Å². The van der Waals surface area contributed by atoms with Crippen molar-refractivity contribution in [3.8, 4) is 11.1 Å². The van der Waals surface area contributed by atoms with Crippen molar-refractivity contribution in [2.24, 2.45) is 5.10 Å². The van der Waals surface area contributed by atoms with Gasteiger partial charge in [-0.15, -0.1) is 0 Å².